The van der Waals surface area contributed by atoms with Crippen LogP contribution in [-0.2, 0) is 16.1 Å². The first-order chi connectivity index (χ1) is 11.4. The number of nitrogens with one attached hydrogen (secondary N) is 2. The molecule has 1 aliphatic heterocycles. The molecule has 0 aliphatic carbocycles. The lowest BCUT2D eigenvalue weighted by atomic mass is 9.94. The van der Waals surface area contributed by atoms with Gasteiger partial charge in [0.15, 0.2) is 0 Å². The Morgan fingerprint density at radius 2 is 1.96 bits per heavy atom. The van der Waals surface area contributed by atoms with Crippen molar-refractivity contribution in [2.24, 2.45) is 5.41 Å². The van der Waals surface area contributed by atoms with E-state index in [-0.39, 0.29) is 0 Å². The van der Waals surface area contributed by atoms with Gasteiger partial charge < -0.3 is 5.32 Å². The number of carbonyl (C=O) groups excluding carboxylic acids is 3. The molecule has 1 atom stereocenters. The minimum Gasteiger partial charge on any atom is -0.317 e. The summed E-state index contributed by atoms with van der Waals surface area (Å²) in [6, 6.07) is 1.78. The molecule has 1 saturated heterocycles. The maximum atomic E-state index is 13.6. The third-order valence-corrected chi connectivity index (χ3v) is 3.58. The first-order valence-electron chi connectivity index (χ1n) is 7.31. The van der Waals surface area contributed by atoms with E-state index in [0.29, 0.717) is 10.5 Å². The molecule has 0 aromatic carbocycles. The zero-order valence-corrected chi connectivity index (χ0v) is 13.8. The van der Waals surface area contributed by atoms with Crippen molar-refractivity contribution in [2.45, 2.75) is 39.2 Å². The molecule has 1 aliphatic rings. The fraction of sp³-hybridized carbons (Fsp3) is 0.467. The van der Waals surface area contributed by atoms with Crippen LogP contribution < -0.4 is 10.6 Å². The largest absolute Gasteiger partial charge is 0.440 e. The molecule has 1 aromatic rings. The molecule has 0 radical (unpaired) electrons. The normalized spacial score (nSPS) is 21.3. The molecule has 0 bridgehead atoms. The van der Waals surface area contributed by atoms with Gasteiger partial charge in [0.05, 0.1) is 6.54 Å². The maximum absolute atomic E-state index is 13.6. The second-order valence-electron chi connectivity index (χ2n) is 6.63. The Bertz CT molecular complexity index is 700. The Hall–Kier alpha value is -2.65. The molecule has 2 N–H and O–H groups in total. The molecule has 4 amide bonds. The number of alkyl halides is 3. The summed E-state index contributed by atoms with van der Waals surface area (Å²) >= 11 is 0. The van der Waals surface area contributed by atoms with E-state index >= 15 is 0 Å². The number of pyridine rings is 1. The highest BCUT2D eigenvalue weighted by molar-refractivity contribution is 6.09. The van der Waals surface area contributed by atoms with Gasteiger partial charge >= 0.3 is 12.2 Å². The first kappa shape index (κ1) is 18.7. The molecule has 1 fully saturated rings. The van der Waals surface area contributed by atoms with E-state index in [4.69, 9.17) is 0 Å². The molecule has 2 heterocycles. The molecule has 0 unspecified atom stereocenters. The van der Waals surface area contributed by atoms with Crippen molar-refractivity contribution in [3.05, 3.63) is 30.1 Å². The van der Waals surface area contributed by atoms with Crippen molar-refractivity contribution in [2.75, 3.05) is 0 Å². The first-order valence-corrected chi connectivity index (χ1v) is 7.31. The summed E-state index contributed by atoms with van der Waals surface area (Å²) in [7, 11) is 0. The average Bonchev–Trinajstić information content (AvgIpc) is 2.72. The van der Waals surface area contributed by atoms with Crippen LogP contribution in [0.3, 0.4) is 0 Å². The van der Waals surface area contributed by atoms with E-state index in [0.717, 1.165) is 0 Å². The highest BCUT2D eigenvalue weighted by atomic mass is 19.4. The summed E-state index contributed by atoms with van der Waals surface area (Å²) in [5.74, 6) is -2.62. The highest BCUT2D eigenvalue weighted by Gasteiger charge is 2.69. The van der Waals surface area contributed by atoms with Gasteiger partial charge in [-0.1, -0.05) is 26.8 Å². The number of urea groups is 1. The van der Waals surface area contributed by atoms with E-state index in [9.17, 15) is 27.6 Å². The molecule has 2 rings (SSSR count). The van der Waals surface area contributed by atoms with Crippen LogP contribution in [0, 0.1) is 5.41 Å². The number of amides is 4. The van der Waals surface area contributed by atoms with Gasteiger partial charge in [0.25, 0.3) is 11.6 Å². The molecule has 1 aromatic heterocycles. The molecule has 7 nitrogen and oxygen atoms in total. The number of halogens is 3. The maximum Gasteiger partial charge on any atom is 0.440 e. The fourth-order valence-corrected chi connectivity index (χ4v) is 2.10. The van der Waals surface area contributed by atoms with Crippen LogP contribution in [0.25, 0.3) is 0 Å². The van der Waals surface area contributed by atoms with Crippen molar-refractivity contribution < 1.29 is 27.6 Å². The zero-order valence-electron chi connectivity index (χ0n) is 13.8. The standard InChI is InChI=1S/C15H17F3N4O3/c1-13(2,3)10(23)20-14(15(16,17)18)11(24)22(12(25)21-14)8-9-5-4-6-19-7-9/h4-7H,8H2,1-3H3,(H,20,23)(H,21,25)/t14-/m0/s1. The Kier molecular flexibility index (Phi) is 4.49. The Labute approximate surface area is 141 Å². The van der Waals surface area contributed by atoms with E-state index in [1.54, 1.807) is 10.6 Å². The number of rotatable bonds is 3. The minimum absolute atomic E-state index is 0.367. The van der Waals surface area contributed by atoms with E-state index in [2.05, 4.69) is 4.98 Å². The third-order valence-electron chi connectivity index (χ3n) is 3.58. The lowest BCUT2D eigenvalue weighted by molar-refractivity contribution is -0.205. The van der Waals surface area contributed by atoms with Crippen molar-refractivity contribution in [3.8, 4) is 0 Å². The van der Waals surface area contributed by atoms with Gasteiger partial charge in [-0.25, -0.2) is 4.79 Å². The number of hydrogen-bond donors (Lipinski definition) is 2. The summed E-state index contributed by atoms with van der Waals surface area (Å²) in [4.78, 5) is 40.7. The van der Waals surface area contributed by atoms with Crippen LogP contribution in [0.15, 0.2) is 24.5 Å². The van der Waals surface area contributed by atoms with Gasteiger partial charge in [0.1, 0.15) is 0 Å². The van der Waals surface area contributed by atoms with Crippen molar-refractivity contribution in [3.63, 3.8) is 0 Å². The second kappa shape index (κ2) is 6.01. The molecule has 10 heteroatoms. The summed E-state index contributed by atoms with van der Waals surface area (Å²) < 4.78 is 40.8. The van der Waals surface area contributed by atoms with Gasteiger partial charge in [-0.05, 0) is 11.6 Å². The molecular weight excluding hydrogens is 341 g/mol. The van der Waals surface area contributed by atoms with Gasteiger partial charge in [-0.15, -0.1) is 0 Å². The number of hydrogen-bond acceptors (Lipinski definition) is 4. The number of imide groups is 1. The lowest BCUT2D eigenvalue weighted by Crippen LogP contribution is -2.70. The van der Waals surface area contributed by atoms with Crippen LogP contribution in [0.5, 0.6) is 0 Å². The number of aromatic nitrogens is 1. The van der Waals surface area contributed by atoms with Gasteiger partial charge in [0, 0.05) is 17.8 Å². The summed E-state index contributed by atoms with van der Waals surface area (Å²) in [5, 5.41) is 3.26. The quantitative estimate of drug-likeness (QED) is 0.802. The predicted octanol–water partition coefficient (Wildman–Crippen LogP) is 1.55. The Morgan fingerprint density at radius 1 is 1.32 bits per heavy atom. The van der Waals surface area contributed by atoms with Crippen molar-refractivity contribution in [1.82, 2.24) is 20.5 Å². The minimum atomic E-state index is -5.22. The zero-order chi connectivity index (χ0) is 19.0. The van der Waals surface area contributed by atoms with Crippen LogP contribution in [0.1, 0.15) is 26.3 Å². The summed E-state index contributed by atoms with van der Waals surface area (Å²) in [6.45, 7) is 3.77. The Morgan fingerprint density at radius 3 is 2.44 bits per heavy atom. The van der Waals surface area contributed by atoms with Gasteiger partial charge in [-0.3, -0.25) is 24.8 Å². The van der Waals surface area contributed by atoms with Crippen molar-refractivity contribution >= 4 is 17.8 Å². The van der Waals surface area contributed by atoms with Crippen LogP contribution >= 0.6 is 0 Å². The lowest BCUT2D eigenvalue weighted by Gasteiger charge is -2.32. The fourth-order valence-electron chi connectivity index (χ4n) is 2.10. The van der Waals surface area contributed by atoms with Crippen LogP contribution in [-0.4, -0.2) is 39.6 Å². The van der Waals surface area contributed by atoms with E-state index in [1.165, 1.54) is 45.3 Å². The van der Waals surface area contributed by atoms with Gasteiger partial charge in [-0.2, -0.15) is 13.2 Å². The van der Waals surface area contributed by atoms with E-state index < -0.39 is 41.6 Å². The topological polar surface area (TPSA) is 91.4 Å². The molecule has 0 spiro atoms. The Balaban J connectivity index is 2.37. The summed E-state index contributed by atoms with van der Waals surface area (Å²) in [6.07, 6.45) is -2.45. The van der Waals surface area contributed by atoms with Gasteiger partial charge in [0.2, 0.25) is 5.91 Å². The van der Waals surface area contributed by atoms with Crippen molar-refractivity contribution in [1.29, 1.82) is 0 Å². The van der Waals surface area contributed by atoms with E-state index in [1.807, 2.05) is 0 Å². The molecule has 0 saturated carbocycles. The molecular formula is C15H17F3N4O3. The van der Waals surface area contributed by atoms with Crippen LogP contribution in [0.2, 0.25) is 0 Å². The second-order valence-corrected chi connectivity index (χ2v) is 6.63. The SMILES string of the molecule is CC(C)(C)C(=O)N[C@]1(C(F)(F)F)NC(=O)N(Cc2cccnc2)C1=O. The number of carbonyl (C=O) groups is 3. The molecule has 25 heavy (non-hydrogen) atoms. The smallest absolute Gasteiger partial charge is 0.317 e. The predicted molar refractivity (Wildman–Crippen MR) is 79.7 cm³/mol. The van der Waals surface area contributed by atoms with Crippen LogP contribution in [0.4, 0.5) is 18.0 Å². The third kappa shape index (κ3) is 3.42. The molecule has 136 valence electrons. The highest BCUT2D eigenvalue weighted by Crippen LogP contribution is 2.35. The average molecular weight is 358 g/mol. The summed E-state index contributed by atoms with van der Waals surface area (Å²) in [5.41, 5.74) is -4.32. The monoisotopic (exact) mass is 358 g/mol. The number of nitrogens with zero attached hydrogens (tertiary/aromatic N) is 2.